The maximum absolute atomic E-state index is 6.07. The number of hydrogen-bond acceptors (Lipinski definition) is 7. The summed E-state index contributed by atoms with van der Waals surface area (Å²) in [6.07, 6.45) is 3.69. The van der Waals surface area contributed by atoms with Gasteiger partial charge in [-0.2, -0.15) is 5.06 Å². The predicted octanol–water partition coefficient (Wildman–Crippen LogP) is 4.11. The highest BCUT2D eigenvalue weighted by Crippen LogP contribution is 2.40. The quantitative estimate of drug-likeness (QED) is 0.619. The number of rotatable bonds is 5. The highest BCUT2D eigenvalue weighted by atomic mass is 79.9. The topological polar surface area (TPSA) is 61.4 Å². The third kappa shape index (κ3) is 4.29. The van der Waals surface area contributed by atoms with Crippen molar-refractivity contribution >= 4 is 27.6 Å². The zero-order chi connectivity index (χ0) is 22.2. The van der Waals surface area contributed by atoms with E-state index in [2.05, 4.69) is 71.2 Å². The van der Waals surface area contributed by atoms with Gasteiger partial charge in [-0.25, -0.2) is 4.99 Å². The molecule has 166 valence electrons. The van der Waals surface area contributed by atoms with Gasteiger partial charge in [0.05, 0.1) is 11.6 Å². The van der Waals surface area contributed by atoms with Gasteiger partial charge in [-0.05, 0) is 75.6 Å². The Morgan fingerprint density at radius 3 is 2.20 bits per heavy atom. The minimum atomic E-state index is -1.04. The average molecular weight is 480 g/mol. The summed E-state index contributed by atoms with van der Waals surface area (Å²) in [6.45, 7) is 9.13. The van der Waals surface area contributed by atoms with Crippen molar-refractivity contribution in [1.29, 1.82) is 0 Å². The fourth-order valence-electron chi connectivity index (χ4n) is 4.57. The second-order valence-electron chi connectivity index (χ2n) is 9.18. The minimum Gasteiger partial charge on any atom is -0.340 e. The Bertz CT molecular complexity index is 793. The van der Waals surface area contributed by atoms with Crippen LogP contribution in [0.2, 0.25) is 0 Å². The van der Waals surface area contributed by atoms with E-state index in [-0.39, 0.29) is 17.1 Å². The van der Waals surface area contributed by atoms with Crippen LogP contribution in [0.1, 0.15) is 40.5 Å². The molecule has 1 atom stereocenters. The first kappa shape index (κ1) is 23.2. The number of methoxy groups -OCH3 is 1. The summed E-state index contributed by atoms with van der Waals surface area (Å²) in [5.74, 6) is -0.506. The van der Waals surface area contributed by atoms with Crippen LogP contribution in [0.15, 0.2) is 46.0 Å². The van der Waals surface area contributed by atoms with Crippen molar-refractivity contribution in [2.45, 2.75) is 63.5 Å². The van der Waals surface area contributed by atoms with Gasteiger partial charge in [0.1, 0.15) is 0 Å². The second kappa shape index (κ2) is 8.59. The van der Waals surface area contributed by atoms with Gasteiger partial charge in [0.2, 0.25) is 5.96 Å². The third-order valence-corrected chi connectivity index (χ3v) is 7.06. The summed E-state index contributed by atoms with van der Waals surface area (Å²) in [4.78, 5) is 12.8. The van der Waals surface area contributed by atoms with Crippen molar-refractivity contribution in [1.82, 2.24) is 15.3 Å². The third-order valence-electron chi connectivity index (χ3n) is 6.32. The fraction of sp³-hybridized carbons (Fsp3) is 0.591. The lowest BCUT2D eigenvalue weighted by Crippen LogP contribution is -2.70. The molecular formula is C22H34BrN5O2. The number of guanidine groups is 1. The summed E-state index contributed by atoms with van der Waals surface area (Å²) in [5.41, 5.74) is 0.989. The van der Waals surface area contributed by atoms with Crippen LogP contribution in [-0.2, 0) is 9.57 Å². The van der Waals surface area contributed by atoms with E-state index in [4.69, 9.17) is 9.57 Å². The van der Waals surface area contributed by atoms with E-state index in [1.807, 2.05) is 30.3 Å². The molecule has 0 radical (unpaired) electrons. The number of nitrogens with one attached hydrogen (secondary N) is 2. The van der Waals surface area contributed by atoms with E-state index < -0.39 is 5.85 Å². The molecule has 0 aliphatic carbocycles. The average Bonchev–Trinajstić information content (AvgIpc) is 2.69. The standard InChI is InChI=1S/C22H34BrN5O2/c1-20(2)13-17(14-21(3,4)27(20)5)26-22(29-6)18(23)15-24-19(28(22)30-7)25-16-11-9-8-10-12-16/h8-12,15,17,26H,13-14H2,1-7H3,(H,24,25). The Balaban J connectivity index is 1.91. The second-order valence-corrected chi connectivity index (χ2v) is 10.0. The van der Waals surface area contributed by atoms with E-state index in [1.165, 1.54) is 0 Å². The number of ether oxygens (including phenoxy) is 1. The molecule has 0 bridgehead atoms. The fourth-order valence-corrected chi connectivity index (χ4v) is 5.11. The van der Waals surface area contributed by atoms with Gasteiger partial charge in [0, 0.05) is 36.1 Å². The van der Waals surface area contributed by atoms with Crippen molar-refractivity contribution in [3.63, 3.8) is 0 Å². The van der Waals surface area contributed by atoms with Crippen LogP contribution in [0, 0.1) is 0 Å². The van der Waals surface area contributed by atoms with Gasteiger partial charge in [-0.3, -0.25) is 15.1 Å². The largest absolute Gasteiger partial charge is 0.340 e. The van der Waals surface area contributed by atoms with Crippen LogP contribution in [0.4, 0.5) is 5.69 Å². The van der Waals surface area contributed by atoms with E-state index in [1.54, 1.807) is 25.5 Å². The molecule has 1 saturated heterocycles. The number of anilines is 1. The Kier molecular flexibility index (Phi) is 6.65. The first-order valence-electron chi connectivity index (χ1n) is 10.2. The number of aliphatic imine (C=N–C) groups is 1. The zero-order valence-electron chi connectivity index (χ0n) is 19.0. The maximum atomic E-state index is 6.07. The van der Waals surface area contributed by atoms with Crippen LogP contribution in [0.25, 0.3) is 0 Å². The number of hydrogen-bond donors (Lipinski definition) is 2. The van der Waals surface area contributed by atoms with Crippen molar-refractivity contribution in [3.05, 3.63) is 41.0 Å². The molecule has 30 heavy (non-hydrogen) atoms. The molecule has 8 heteroatoms. The lowest BCUT2D eigenvalue weighted by Gasteiger charge is -2.55. The van der Waals surface area contributed by atoms with Crippen molar-refractivity contribution in [2.24, 2.45) is 4.99 Å². The Morgan fingerprint density at radius 2 is 1.67 bits per heavy atom. The molecule has 0 saturated carbocycles. The van der Waals surface area contributed by atoms with Crippen LogP contribution in [0.5, 0.6) is 0 Å². The number of halogens is 1. The summed E-state index contributed by atoms with van der Waals surface area (Å²) in [6, 6.07) is 10.1. The molecule has 1 unspecified atom stereocenters. The highest BCUT2D eigenvalue weighted by molar-refractivity contribution is 9.11. The summed E-state index contributed by atoms with van der Waals surface area (Å²) in [5, 5.41) is 8.70. The number of nitrogens with zero attached hydrogens (tertiary/aromatic N) is 3. The first-order valence-corrected chi connectivity index (χ1v) is 11.0. The first-order chi connectivity index (χ1) is 14.1. The van der Waals surface area contributed by atoms with E-state index in [9.17, 15) is 0 Å². The SMILES string of the molecule is CON1C(Nc2ccccc2)=NC=C(Br)C1(NC1CC(C)(C)N(C)C(C)(C)C1)OC. The number of hydroxylamine groups is 2. The van der Waals surface area contributed by atoms with Crippen LogP contribution in [-0.4, -0.2) is 60.2 Å². The summed E-state index contributed by atoms with van der Waals surface area (Å²) >= 11 is 3.67. The Morgan fingerprint density at radius 1 is 1.07 bits per heavy atom. The van der Waals surface area contributed by atoms with Crippen molar-refractivity contribution in [2.75, 3.05) is 26.6 Å². The molecule has 2 heterocycles. The lowest BCUT2D eigenvalue weighted by molar-refractivity contribution is -0.244. The molecule has 7 nitrogen and oxygen atoms in total. The smallest absolute Gasteiger partial charge is 0.260 e. The number of piperidine rings is 1. The molecule has 2 aliphatic heterocycles. The summed E-state index contributed by atoms with van der Waals surface area (Å²) in [7, 11) is 5.49. The highest BCUT2D eigenvalue weighted by Gasteiger charge is 2.50. The van der Waals surface area contributed by atoms with Crippen molar-refractivity contribution < 1.29 is 9.57 Å². The van der Waals surface area contributed by atoms with Crippen LogP contribution >= 0.6 is 15.9 Å². The number of para-hydroxylation sites is 1. The minimum absolute atomic E-state index is 0.0380. The molecule has 0 spiro atoms. The molecule has 3 rings (SSSR count). The normalized spacial score (nSPS) is 26.9. The Labute approximate surface area is 188 Å². The van der Waals surface area contributed by atoms with Crippen molar-refractivity contribution in [3.8, 4) is 0 Å². The zero-order valence-corrected chi connectivity index (χ0v) is 20.6. The molecule has 1 aromatic carbocycles. The number of benzene rings is 1. The monoisotopic (exact) mass is 479 g/mol. The van der Waals surface area contributed by atoms with E-state index in [0.29, 0.717) is 5.96 Å². The molecule has 2 aliphatic rings. The van der Waals surface area contributed by atoms with Gasteiger partial charge in [-0.15, -0.1) is 0 Å². The molecule has 2 N–H and O–H groups in total. The van der Waals surface area contributed by atoms with Crippen LogP contribution in [0.3, 0.4) is 0 Å². The van der Waals surface area contributed by atoms with Gasteiger partial charge < -0.3 is 10.1 Å². The summed E-state index contributed by atoms with van der Waals surface area (Å²) < 4.78 is 6.81. The van der Waals surface area contributed by atoms with E-state index in [0.717, 1.165) is 23.0 Å². The predicted molar refractivity (Wildman–Crippen MR) is 125 cm³/mol. The lowest BCUT2D eigenvalue weighted by atomic mass is 9.77. The van der Waals surface area contributed by atoms with Gasteiger partial charge in [0.15, 0.2) is 0 Å². The van der Waals surface area contributed by atoms with Gasteiger partial charge in [0.25, 0.3) is 5.85 Å². The van der Waals surface area contributed by atoms with Gasteiger partial charge in [-0.1, -0.05) is 18.2 Å². The molecule has 0 amide bonds. The van der Waals surface area contributed by atoms with E-state index >= 15 is 0 Å². The molecular weight excluding hydrogens is 446 g/mol. The molecule has 0 aromatic heterocycles. The maximum Gasteiger partial charge on any atom is 0.260 e. The van der Waals surface area contributed by atoms with Crippen LogP contribution < -0.4 is 10.6 Å². The molecule has 1 fully saturated rings. The Hall–Kier alpha value is -1.45. The molecule has 1 aromatic rings. The van der Waals surface area contributed by atoms with Gasteiger partial charge >= 0.3 is 0 Å². The number of likely N-dealkylation sites (tertiary alicyclic amines) is 1.